The molecule has 0 amide bonds. The summed E-state index contributed by atoms with van der Waals surface area (Å²) in [5.74, 6) is 2.64. The average molecular weight is 661 g/mol. The summed E-state index contributed by atoms with van der Waals surface area (Å²) in [5.41, 5.74) is 2.44. The van der Waals surface area contributed by atoms with E-state index in [1.807, 2.05) is 0 Å². The quantitative estimate of drug-likeness (QED) is 0.125. The zero-order valence-electron chi connectivity index (χ0n) is 32.6. The van der Waals surface area contributed by atoms with Crippen LogP contribution >= 0.6 is 0 Å². The van der Waals surface area contributed by atoms with Crippen LogP contribution in [0.25, 0.3) is 0 Å². The van der Waals surface area contributed by atoms with Gasteiger partial charge >= 0.3 is 0 Å². The third-order valence-corrected chi connectivity index (χ3v) is 25.9. The maximum atomic E-state index is 7.67. The zero-order chi connectivity index (χ0) is 34.5. The van der Waals surface area contributed by atoms with E-state index in [9.17, 15) is 0 Å². The Balaban J connectivity index is 2.78. The Morgan fingerprint density at radius 3 is 1.84 bits per heavy atom. The monoisotopic (exact) mass is 660 g/mol. The molecule has 0 unspecified atom stereocenters. The maximum absolute atomic E-state index is 7.67. The lowest BCUT2D eigenvalue weighted by Gasteiger charge is -2.53. The molecule has 4 atom stereocenters. The van der Waals surface area contributed by atoms with Gasteiger partial charge in [0.1, 0.15) is 5.76 Å². The largest absolute Gasteiger partial charge is 0.546 e. The van der Waals surface area contributed by atoms with Crippen molar-refractivity contribution in [3.05, 3.63) is 47.5 Å². The lowest BCUT2D eigenvalue weighted by molar-refractivity contribution is 0.000530. The standard InChI is InChI=1S/C38H72O3Si3/c1-21-31(40-43(17,18)35(7,8)9)37(13,22-2)27-32(41-44(19,20)36(10,11)12)38(14)28(3)23-24-29-25-26-30(33(29)38)39-42(15,16)34(4,5)6/h21-22,26,28,32H,2,23-25,27H2,1,3-20H3/b31-21-/t28-,32+,37+,38-/m0/s1. The van der Waals surface area contributed by atoms with Crippen LogP contribution in [0.4, 0.5) is 0 Å². The molecule has 0 saturated heterocycles. The van der Waals surface area contributed by atoms with Gasteiger partial charge in [-0.2, -0.15) is 0 Å². The molecule has 0 radical (unpaired) electrons. The van der Waals surface area contributed by atoms with Gasteiger partial charge in [0.2, 0.25) is 16.6 Å². The summed E-state index contributed by atoms with van der Waals surface area (Å²) in [6, 6.07) is 0. The third-order valence-electron chi connectivity index (χ3n) is 12.7. The van der Waals surface area contributed by atoms with Crippen LogP contribution in [0.3, 0.4) is 0 Å². The molecule has 0 aromatic carbocycles. The Morgan fingerprint density at radius 2 is 1.41 bits per heavy atom. The molecule has 0 N–H and O–H groups in total. The van der Waals surface area contributed by atoms with Crippen LogP contribution in [0.5, 0.6) is 0 Å². The zero-order valence-corrected chi connectivity index (χ0v) is 35.6. The Morgan fingerprint density at radius 1 is 0.909 bits per heavy atom. The summed E-state index contributed by atoms with van der Waals surface area (Å²) >= 11 is 0. The Labute approximate surface area is 277 Å². The molecule has 0 aromatic rings. The summed E-state index contributed by atoms with van der Waals surface area (Å²) in [6.07, 6.45) is 10.9. The highest BCUT2D eigenvalue weighted by molar-refractivity contribution is 6.75. The molecule has 0 saturated carbocycles. The molecule has 0 bridgehead atoms. The van der Waals surface area contributed by atoms with Gasteiger partial charge < -0.3 is 13.3 Å². The summed E-state index contributed by atoms with van der Waals surface area (Å²) in [7, 11) is -6.28. The molecular weight excluding hydrogens is 589 g/mol. The van der Waals surface area contributed by atoms with E-state index >= 15 is 0 Å². The van der Waals surface area contributed by atoms with Crippen molar-refractivity contribution in [1.82, 2.24) is 0 Å². The van der Waals surface area contributed by atoms with E-state index in [1.54, 1.807) is 5.57 Å². The Kier molecular flexibility index (Phi) is 11.3. The van der Waals surface area contributed by atoms with Crippen LogP contribution in [0.15, 0.2) is 47.5 Å². The summed E-state index contributed by atoms with van der Waals surface area (Å²) in [6.45, 7) is 49.2. The summed E-state index contributed by atoms with van der Waals surface area (Å²) in [4.78, 5) is 0. The van der Waals surface area contributed by atoms with Crippen LogP contribution in [0.2, 0.25) is 54.4 Å². The molecule has 44 heavy (non-hydrogen) atoms. The van der Waals surface area contributed by atoms with Gasteiger partial charge in [0, 0.05) is 16.4 Å². The van der Waals surface area contributed by atoms with Crippen molar-refractivity contribution >= 4 is 25.0 Å². The smallest absolute Gasteiger partial charge is 0.250 e. The topological polar surface area (TPSA) is 27.7 Å². The number of hydrogen-bond donors (Lipinski definition) is 0. The van der Waals surface area contributed by atoms with Crippen LogP contribution in [-0.4, -0.2) is 31.1 Å². The fourth-order valence-corrected chi connectivity index (χ4v) is 9.56. The first kappa shape index (κ1) is 39.3. The SMILES string of the molecule is C=C[C@](C)(C[C@@H](O[Si](C)(C)C(C)(C)C)[C@@]1(C)C2=C(CC=C2O[Si](C)(C)C(C)(C)C)CC[C@@H]1C)/C(=C/C)O[Si](C)(C)C(C)(C)C. The first-order valence-corrected chi connectivity index (χ1v) is 26.0. The van der Waals surface area contributed by atoms with Crippen LogP contribution < -0.4 is 0 Å². The number of rotatable bonds is 11. The highest BCUT2D eigenvalue weighted by atomic mass is 28.4. The minimum atomic E-state index is -2.17. The third kappa shape index (κ3) is 7.65. The summed E-state index contributed by atoms with van der Waals surface area (Å²) in [5, 5.41) is 0.330. The number of allylic oxidation sites excluding steroid dienone is 5. The number of hydrogen-bond acceptors (Lipinski definition) is 3. The van der Waals surface area contributed by atoms with E-state index in [0.29, 0.717) is 5.92 Å². The van der Waals surface area contributed by atoms with Gasteiger partial charge in [-0.05, 0) is 106 Å². The molecule has 2 rings (SSSR count). The minimum absolute atomic E-state index is 0.0193. The Bertz CT molecular complexity index is 1150. The second-order valence-corrected chi connectivity index (χ2v) is 33.2. The highest BCUT2D eigenvalue weighted by Gasteiger charge is 2.55. The molecule has 0 heterocycles. The first-order chi connectivity index (χ1) is 19.5. The molecule has 2 aliphatic carbocycles. The first-order valence-electron chi connectivity index (χ1n) is 17.3. The fourth-order valence-electron chi connectivity index (χ4n) is 5.92. The van der Waals surface area contributed by atoms with Gasteiger partial charge in [-0.1, -0.05) is 93.9 Å². The molecule has 3 nitrogen and oxygen atoms in total. The maximum Gasteiger partial charge on any atom is 0.250 e. The van der Waals surface area contributed by atoms with Crippen molar-refractivity contribution < 1.29 is 13.3 Å². The van der Waals surface area contributed by atoms with Crippen LogP contribution in [0, 0.1) is 16.7 Å². The van der Waals surface area contributed by atoms with Crippen molar-refractivity contribution in [2.45, 2.75) is 176 Å². The van der Waals surface area contributed by atoms with E-state index in [2.05, 4.69) is 154 Å². The van der Waals surface area contributed by atoms with E-state index < -0.39 is 25.0 Å². The van der Waals surface area contributed by atoms with Gasteiger partial charge in [0.05, 0.1) is 11.9 Å². The van der Waals surface area contributed by atoms with E-state index in [1.165, 1.54) is 12.0 Å². The second kappa shape index (κ2) is 12.6. The fraction of sp³-hybridized carbons (Fsp3) is 0.789. The Hall–Kier alpha value is -0.829. The average Bonchev–Trinajstić information content (AvgIpc) is 3.25. The molecule has 2 aliphatic rings. The van der Waals surface area contributed by atoms with Gasteiger partial charge in [-0.3, -0.25) is 0 Å². The summed E-state index contributed by atoms with van der Waals surface area (Å²) < 4.78 is 22.0. The van der Waals surface area contributed by atoms with Gasteiger partial charge in [0.15, 0.2) is 8.32 Å². The minimum Gasteiger partial charge on any atom is -0.546 e. The molecular formula is C38H72O3Si3. The van der Waals surface area contributed by atoms with E-state index in [4.69, 9.17) is 13.3 Å². The van der Waals surface area contributed by atoms with Gasteiger partial charge in [0.25, 0.3) is 0 Å². The van der Waals surface area contributed by atoms with Crippen LogP contribution in [-0.2, 0) is 13.3 Å². The second-order valence-electron chi connectivity index (χ2n) is 19.0. The van der Waals surface area contributed by atoms with Crippen molar-refractivity contribution in [3.8, 4) is 0 Å². The van der Waals surface area contributed by atoms with Gasteiger partial charge in [-0.15, -0.1) is 6.58 Å². The highest BCUT2D eigenvalue weighted by Crippen LogP contribution is 2.59. The normalized spacial score (nSPS) is 24.8. The predicted molar refractivity (Wildman–Crippen MR) is 202 cm³/mol. The predicted octanol–water partition coefficient (Wildman–Crippen LogP) is 12.9. The van der Waals surface area contributed by atoms with Crippen molar-refractivity contribution in [2.75, 3.05) is 0 Å². The molecule has 0 aliphatic heterocycles. The van der Waals surface area contributed by atoms with Crippen molar-refractivity contribution in [1.29, 1.82) is 0 Å². The molecule has 6 heteroatoms. The van der Waals surface area contributed by atoms with E-state index in [-0.39, 0.29) is 32.0 Å². The van der Waals surface area contributed by atoms with Gasteiger partial charge in [-0.25, -0.2) is 0 Å². The lowest BCUT2D eigenvalue weighted by Crippen LogP contribution is -2.54. The molecule has 0 spiro atoms. The molecule has 0 aromatic heterocycles. The molecule has 254 valence electrons. The van der Waals surface area contributed by atoms with Crippen molar-refractivity contribution in [3.63, 3.8) is 0 Å². The molecule has 0 fully saturated rings. The van der Waals surface area contributed by atoms with E-state index in [0.717, 1.165) is 30.8 Å². The van der Waals surface area contributed by atoms with Crippen molar-refractivity contribution in [2.24, 2.45) is 16.7 Å². The van der Waals surface area contributed by atoms with Crippen LogP contribution in [0.1, 0.15) is 116 Å². The lowest BCUT2D eigenvalue weighted by atomic mass is 9.59.